The Morgan fingerprint density at radius 1 is 1.33 bits per heavy atom. The number of rotatable bonds is 13. The summed E-state index contributed by atoms with van der Waals surface area (Å²) in [7, 11) is -0.601. The molecule has 6 atom stereocenters. The molecule has 230 valence electrons. The van der Waals surface area contributed by atoms with Crippen LogP contribution in [0.1, 0.15) is 72.4 Å². The number of carbonyl (C=O) groups excluding carboxylic acids is 2. The van der Waals surface area contributed by atoms with Gasteiger partial charge in [-0.1, -0.05) is 33.1 Å². The Bertz CT molecular complexity index is 1190. The highest BCUT2D eigenvalue weighted by Crippen LogP contribution is 2.65. The van der Waals surface area contributed by atoms with Crippen molar-refractivity contribution in [2.24, 2.45) is 33.9 Å². The second kappa shape index (κ2) is 12.8. The van der Waals surface area contributed by atoms with E-state index in [0.717, 1.165) is 12.8 Å². The molecule has 0 radical (unpaired) electrons. The lowest BCUT2D eigenvalue weighted by Crippen LogP contribution is -2.65. The first-order valence-electron chi connectivity index (χ1n) is 14.6. The van der Waals surface area contributed by atoms with E-state index >= 15 is 0 Å². The van der Waals surface area contributed by atoms with Crippen LogP contribution >= 0.6 is 0 Å². The molecule has 2 bridgehead atoms. The van der Waals surface area contributed by atoms with Crippen LogP contribution < -0.4 is 21.8 Å². The maximum atomic E-state index is 13.7. The summed E-state index contributed by atoms with van der Waals surface area (Å²) in [5.74, 6) is -0.347. The van der Waals surface area contributed by atoms with Gasteiger partial charge in [0.15, 0.2) is 5.03 Å². The van der Waals surface area contributed by atoms with Crippen LogP contribution in [0.3, 0.4) is 0 Å². The lowest BCUT2D eigenvalue weighted by Gasteiger charge is -2.64. The molecule has 5 rings (SSSR count). The molecular formula is C27H43BN8O6. The summed E-state index contributed by atoms with van der Waals surface area (Å²) >= 11 is 0. The number of hydrazine groups is 1. The van der Waals surface area contributed by atoms with Gasteiger partial charge in [0.25, 0.3) is 5.96 Å². The Morgan fingerprint density at radius 2 is 2.10 bits per heavy atom. The summed E-state index contributed by atoms with van der Waals surface area (Å²) in [4.78, 5) is 47.7. The zero-order valence-corrected chi connectivity index (χ0v) is 25.0. The predicted molar refractivity (Wildman–Crippen MR) is 157 cm³/mol. The molecule has 3 saturated carbocycles. The third kappa shape index (κ3) is 7.12. The fraction of sp³-hybridized carbons (Fsp3) is 0.704. The number of aromatic nitrogens is 2. The highest BCUT2D eigenvalue weighted by atomic mass is 16.7. The van der Waals surface area contributed by atoms with E-state index in [1.54, 1.807) is 17.7 Å². The van der Waals surface area contributed by atoms with E-state index in [1.807, 2.05) is 0 Å². The Labute approximate surface area is 246 Å². The van der Waals surface area contributed by atoms with Crippen molar-refractivity contribution in [3.05, 3.63) is 34.4 Å². The smallest absolute Gasteiger partial charge is 0.404 e. The summed E-state index contributed by atoms with van der Waals surface area (Å²) in [6, 6.07) is -0.899. The van der Waals surface area contributed by atoms with Crippen LogP contribution in [0.4, 0.5) is 0 Å². The van der Waals surface area contributed by atoms with Gasteiger partial charge in [0.2, 0.25) is 11.8 Å². The van der Waals surface area contributed by atoms with Gasteiger partial charge in [-0.15, -0.1) is 0 Å². The number of hydrogen-bond acceptors (Lipinski definition) is 8. The Kier molecular flexibility index (Phi) is 9.61. The number of H-pyrrole nitrogens is 1. The summed E-state index contributed by atoms with van der Waals surface area (Å²) < 4.78 is 13.1. The molecule has 0 aromatic carbocycles. The van der Waals surface area contributed by atoms with Gasteiger partial charge in [-0.3, -0.25) is 9.59 Å². The maximum Gasteiger partial charge on any atom is 0.481 e. The molecule has 3 aliphatic carbocycles. The summed E-state index contributed by atoms with van der Waals surface area (Å²) in [5.41, 5.74) is 7.69. The van der Waals surface area contributed by atoms with E-state index in [2.05, 4.69) is 60.2 Å². The molecule has 1 saturated heterocycles. The van der Waals surface area contributed by atoms with Crippen molar-refractivity contribution in [1.29, 1.82) is 0 Å². The fourth-order valence-electron chi connectivity index (χ4n) is 6.74. The molecule has 0 unspecified atom stereocenters. The minimum Gasteiger partial charge on any atom is -0.404 e. The highest BCUT2D eigenvalue weighted by molar-refractivity contribution is 6.48. The first-order valence-corrected chi connectivity index (χ1v) is 14.6. The van der Waals surface area contributed by atoms with Crippen molar-refractivity contribution < 1.29 is 23.9 Å². The van der Waals surface area contributed by atoms with Gasteiger partial charge in [0.1, 0.15) is 6.04 Å². The molecule has 0 spiro atoms. The van der Waals surface area contributed by atoms with Crippen LogP contribution in [-0.2, 0) is 18.9 Å². The van der Waals surface area contributed by atoms with Crippen molar-refractivity contribution >= 4 is 31.0 Å². The van der Waals surface area contributed by atoms with Gasteiger partial charge in [-0.2, -0.15) is 0 Å². The van der Waals surface area contributed by atoms with E-state index < -0.39 is 35.6 Å². The normalized spacial score (nSPS) is 27.7. The lowest BCUT2D eigenvalue weighted by molar-refractivity contribution is -0.525. The summed E-state index contributed by atoms with van der Waals surface area (Å²) in [6.45, 7) is 11.0. The molecule has 42 heavy (non-hydrogen) atoms. The Morgan fingerprint density at radius 3 is 2.74 bits per heavy atom. The molecule has 1 aromatic heterocycles. The van der Waals surface area contributed by atoms with E-state index in [0.29, 0.717) is 30.4 Å². The largest absolute Gasteiger partial charge is 0.481 e. The van der Waals surface area contributed by atoms with Gasteiger partial charge in [0.05, 0.1) is 35.9 Å². The average Bonchev–Trinajstić information content (AvgIpc) is 3.55. The van der Waals surface area contributed by atoms with Crippen LogP contribution in [0.2, 0.25) is 0 Å². The van der Waals surface area contributed by atoms with Crippen LogP contribution in [0, 0.1) is 33.3 Å². The number of nitro groups is 1. The monoisotopic (exact) mass is 586 g/mol. The molecule has 6 N–H and O–H groups in total. The molecule has 2 heterocycles. The number of nitrogens with zero attached hydrogens (tertiary/aromatic N) is 3. The molecule has 14 nitrogen and oxygen atoms in total. The van der Waals surface area contributed by atoms with Crippen molar-refractivity contribution in [3.8, 4) is 0 Å². The lowest BCUT2D eigenvalue weighted by atomic mass is 9.43. The van der Waals surface area contributed by atoms with Crippen LogP contribution in [-0.4, -0.2) is 70.1 Å². The van der Waals surface area contributed by atoms with Crippen molar-refractivity contribution in [2.75, 3.05) is 6.54 Å². The van der Waals surface area contributed by atoms with Crippen molar-refractivity contribution in [2.45, 2.75) is 90.4 Å². The number of amides is 2. The quantitative estimate of drug-likeness (QED) is 0.0433. The number of carbonyl (C=O) groups is 2. The number of guanidine groups is 1. The topological polar surface area (TPSA) is 199 Å². The molecule has 1 aliphatic heterocycles. The van der Waals surface area contributed by atoms with Crippen molar-refractivity contribution in [3.63, 3.8) is 0 Å². The number of hydrogen-bond donors (Lipinski definition) is 5. The summed E-state index contributed by atoms with van der Waals surface area (Å²) in [6.07, 6.45) is 9.18. The number of nitrogens with one attached hydrogen (secondary N) is 4. The number of aliphatic imine (C=N–C) groups is 1. The maximum absolute atomic E-state index is 13.7. The Balaban J connectivity index is 1.44. The van der Waals surface area contributed by atoms with E-state index in [1.165, 1.54) is 12.4 Å². The number of nitrogens with two attached hydrogens (primary N) is 1. The van der Waals surface area contributed by atoms with Gasteiger partial charge >= 0.3 is 7.12 Å². The highest BCUT2D eigenvalue weighted by Gasteiger charge is 2.68. The van der Waals surface area contributed by atoms with Crippen LogP contribution in [0.25, 0.3) is 6.08 Å². The zero-order chi connectivity index (χ0) is 30.7. The van der Waals surface area contributed by atoms with Crippen LogP contribution in [0.15, 0.2) is 23.6 Å². The van der Waals surface area contributed by atoms with Crippen molar-refractivity contribution in [1.82, 2.24) is 26.0 Å². The third-order valence-electron chi connectivity index (χ3n) is 9.06. The van der Waals surface area contributed by atoms with E-state index in [4.69, 9.17) is 15.0 Å². The van der Waals surface area contributed by atoms with Gasteiger partial charge < -0.3 is 30.7 Å². The minimum atomic E-state index is -0.899. The van der Waals surface area contributed by atoms with Gasteiger partial charge in [-0.05, 0) is 68.3 Å². The van der Waals surface area contributed by atoms with Gasteiger partial charge in [-0.25, -0.2) is 20.1 Å². The standard InChI is InChI=1S/C27H43BN8O6/c1-16(2)11-22(28-41-21-13-17-12-20(26(17,3)4)27(21,5)42-28)34-24(38)19(7-6-10-31-25(29)35-36(39)40)33-23(37)9-8-18-14-30-15-32-18/h8-9,14-17,19-22H,6-7,10-13H2,1-5H3,(H,30,32)(H,33,37)(H,34,38)(H3,29,31,35)/b9-8+/t17-,19+,20-,21-,22+,27+/m1/s1. The summed E-state index contributed by atoms with van der Waals surface area (Å²) in [5, 5.41) is 15.6. The first kappa shape index (κ1) is 31.5. The minimum absolute atomic E-state index is 0.0231. The zero-order valence-electron chi connectivity index (χ0n) is 25.0. The van der Waals surface area contributed by atoms with E-state index in [-0.39, 0.29) is 42.3 Å². The van der Waals surface area contributed by atoms with Crippen LogP contribution in [0.5, 0.6) is 0 Å². The fourth-order valence-corrected chi connectivity index (χ4v) is 6.74. The molecule has 2 amide bonds. The second-order valence-corrected chi connectivity index (χ2v) is 12.8. The molecule has 4 aliphatic rings. The molecule has 15 heteroatoms. The first-order chi connectivity index (χ1) is 19.8. The van der Waals surface area contributed by atoms with E-state index in [9.17, 15) is 19.7 Å². The molecule has 1 aromatic rings. The Hall–Kier alpha value is -3.46. The SMILES string of the molecule is CC(C)C[C@H](NC(=O)[C@H](CCCN=C(N)N[N+](=O)[O-])NC(=O)/C=C/c1cnc[nH]1)B1O[C@@H]2C[C@H]3C[C@H](C3(C)C)[C@]2(C)O1. The molecular weight excluding hydrogens is 543 g/mol. The number of aromatic amines is 1. The third-order valence-corrected chi connectivity index (χ3v) is 9.06. The predicted octanol–water partition coefficient (Wildman–Crippen LogP) is 1.58. The van der Waals surface area contributed by atoms with Gasteiger partial charge in [0, 0.05) is 12.6 Å². The second-order valence-electron chi connectivity index (χ2n) is 12.8. The molecule has 4 fully saturated rings. The number of imidazole rings is 1. The average molecular weight is 587 g/mol.